The summed E-state index contributed by atoms with van der Waals surface area (Å²) in [6.07, 6.45) is 5.08. The van der Waals surface area contributed by atoms with E-state index in [1.54, 1.807) is 7.11 Å². The Morgan fingerprint density at radius 3 is 3.12 bits per heavy atom. The number of hydrogen-bond donors (Lipinski definition) is 1. The Kier molecular flexibility index (Phi) is 4.12. The van der Waals surface area contributed by atoms with Crippen molar-refractivity contribution in [3.63, 3.8) is 0 Å². The van der Waals surface area contributed by atoms with E-state index < -0.39 is 0 Å². The normalized spacial score (nSPS) is 11.2. The van der Waals surface area contributed by atoms with Crippen LogP contribution >= 0.6 is 0 Å². The van der Waals surface area contributed by atoms with E-state index in [1.165, 1.54) is 10.9 Å². The summed E-state index contributed by atoms with van der Waals surface area (Å²) >= 11 is 0. The Morgan fingerprint density at radius 1 is 1.47 bits per heavy atom. The molecule has 17 heavy (non-hydrogen) atoms. The first-order chi connectivity index (χ1) is 8.36. The summed E-state index contributed by atoms with van der Waals surface area (Å²) in [5, 5.41) is 4.62. The average molecular weight is 233 g/mol. The first kappa shape index (κ1) is 12.1. The van der Waals surface area contributed by atoms with E-state index in [2.05, 4.69) is 29.5 Å². The van der Waals surface area contributed by atoms with Crippen LogP contribution in [-0.2, 0) is 18.0 Å². The fraction of sp³-hybridized carbons (Fsp3) is 0.462. The highest BCUT2D eigenvalue weighted by Gasteiger charge is 2.08. The summed E-state index contributed by atoms with van der Waals surface area (Å²) in [5.41, 5.74) is 2.27. The zero-order valence-electron chi connectivity index (χ0n) is 10.4. The molecule has 0 fully saturated rings. The number of nitrogens with one attached hydrogen (secondary N) is 1. The molecular formula is C13H19N3O. The van der Waals surface area contributed by atoms with Crippen LogP contribution in [0.25, 0.3) is 11.0 Å². The first-order valence-corrected chi connectivity index (χ1v) is 5.99. The smallest absolute Gasteiger partial charge is 0.142 e. The molecule has 4 nitrogen and oxygen atoms in total. The van der Waals surface area contributed by atoms with Gasteiger partial charge in [-0.25, -0.2) is 4.98 Å². The van der Waals surface area contributed by atoms with Crippen LogP contribution in [0.3, 0.4) is 0 Å². The molecule has 0 aliphatic rings. The summed E-state index contributed by atoms with van der Waals surface area (Å²) < 4.78 is 7.22. The molecule has 2 heterocycles. The summed E-state index contributed by atoms with van der Waals surface area (Å²) in [6.45, 7) is 4.63. The van der Waals surface area contributed by atoms with Crippen LogP contribution in [0.2, 0.25) is 0 Å². The van der Waals surface area contributed by atoms with Gasteiger partial charge in [-0.3, -0.25) is 0 Å². The highest BCUT2D eigenvalue weighted by molar-refractivity contribution is 5.80. The molecule has 0 spiro atoms. The van der Waals surface area contributed by atoms with Crippen LogP contribution in [0.4, 0.5) is 0 Å². The minimum Gasteiger partial charge on any atom is -0.364 e. The zero-order chi connectivity index (χ0) is 12.1. The highest BCUT2D eigenvalue weighted by atomic mass is 16.5. The summed E-state index contributed by atoms with van der Waals surface area (Å²) in [6, 6.07) is 4.08. The predicted octanol–water partition coefficient (Wildman–Crippen LogP) is 2.14. The molecule has 4 heteroatoms. The molecule has 0 bridgehead atoms. The predicted molar refractivity (Wildman–Crippen MR) is 68.7 cm³/mol. The van der Waals surface area contributed by atoms with E-state index in [0.717, 1.165) is 25.2 Å². The maximum absolute atomic E-state index is 5.18. The largest absolute Gasteiger partial charge is 0.364 e. The Balaban J connectivity index is 2.28. The van der Waals surface area contributed by atoms with Gasteiger partial charge in [0.15, 0.2) is 0 Å². The molecular weight excluding hydrogens is 214 g/mol. The van der Waals surface area contributed by atoms with Gasteiger partial charge in [-0.1, -0.05) is 6.92 Å². The van der Waals surface area contributed by atoms with E-state index in [9.17, 15) is 0 Å². The number of hydrogen-bond acceptors (Lipinski definition) is 3. The molecule has 2 aromatic rings. The van der Waals surface area contributed by atoms with Crippen molar-refractivity contribution in [3.05, 3.63) is 30.1 Å². The molecule has 92 valence electrons. The van der Waals surface area contributed by atoms with Gasteiger partial charge in [0.05, 0.1) is 0 Å². The van der Waals surface area contributed by atoms with Gasteiger partial charge >= 0.3 is 0 Å². The van der Waals surface area contributed by atoms with Gasteiger partial charge in [-0.2, -0.15) is 0 Å². The van der Waals surface area contributed by atoms with Crippen molar-refractivity contribution in [2.24, 2.45) is 0 Å². The third-order valence-electron chi connectivity index (χ3n) is 2.73. The summed E-state index contributed by atoms with van der Waals surface area (Å²) in [5.74, 6) is 0. The van der Waals surface area contributed by atoms with Crippen molar-refractivity contribution in [1.82, 2.24) is 14.9 Å². The van der Waals surface area contributed by atoms with Crippen LogP contribution in [0.1, 0.15) is 18.9 Å². The van der Waals surface area contributed by atoms with Gasteiger partial charge in [0, 0.05) is 31.4 Å². The summed E-state index contributed by atoms with van der Waals surface area (Å²) in [7, 11) is 1.70. The SMILES string of the molecule is CCCNCc1cn(COC)c2ncccc12. The Morgan fingerprint density at radius 2 is 2.35 bits per heavy atom. The topological polar surface area (TPSA) is 39.1 Å². The maximum Gasteiger partial charge on any atom is 0.142 e. The quantitative estimate of drug-likeness (QED) is 0.777. The molecule has 1 N–H and O–H groups in total. The van der Waals surface area contributed by atoms with Gasteiger partial charge in [-0.15, -0.1) is 0 Å². The van der Waals surface area contributed by atoms with Gasteiger partial charge < -0.3 is 14.6 Å². The van der Waals surface area contributed by atoms with Crippen molar-refractivity contribution in [2.45, 2.75) is 26.6 Å². The number of methoxy groups -OCH3 is 1. The maximum atomic E-state index is 5.18. The number of fused-ring (bicyclic) bond motifs is 1. The second kappa shape index (κ2) is 5.80. The lowest BCUT2D eigenvalue weighted by atomic mass is 10.2. The molecule has 0 radical (unpaired) electrons. The molecule has 2 rings (SSSR count). The molecule has 0 aliphatic carbocycles. The molecule has 0 amide bonds. The minimum absolute atomic E-state index is 0.543. The minimum atomic E-state index is 0.543. The number of aromatic nitrogens is 2. The molecule has 0 aromatic carbocycles. The lowest BCUT2D eigenvalue weighted by Crippen LogP contribution is -2.13. The number of pyridine rings is 1. The first-order valence-electron chi connectivity index (χ1n) is 5.99. The fourth-order valence-electron chi connectivity index (χ4n) is 1.97. The Bertz CT molecular complexity index is 478. The number of nitrogens with zero attached hydrogens (tertiary/aromatic N) is 2. The van der Waals surface area contributed by atoms with Gasteiger partial charge in [0.1, 0.15) is 12.4 Å². The van der Waals surface area contributed by atoms with E-state index in [4.69, 9.17) is 4.74 Å². The average Bonchev–Trinajstić information content (AvgIpc) is 2.70. The van der Waals surface area contributed by atoms with Crippen LogP contribution in [0.5, 0.6) is 0 Å². The van der Waals surface area contributed by atoms with Crippen LogP contribution < -0.4 is 5.32 Å². The van der Waals surface area contributed by atoms with E-state index in [-0.39, 0.29) is 0 Å². The van der Waals surface area contributed by atoms with Crippen molar-refractivity contribution in [1.29, 1.82) is 0 Å². The van der Waals surface area contributed by atoms with Crippen molar-refractivity contribution in [3.8, 4) is 0 Å². The Labute approximate surface area is 102 Å². The van der Waals surface area contributed by atoms with Crippen LogP contribution in [0, 0.1) is 0 Å². The van der Waals surface area contributed by atoms with E-state index in [1.807, 2.05) is 16.8 Å². The third-order valence-corrected chi connectivity index (χ3v) is 2.73. The number of ether oxygens (including phenoxy) is 1. The number of rotatable bonds is 6. The molecule has 0 atom stereocenters. The van der Waals surface area contributed by atoms with Gasteiger partial charge in [-0.05, 0) is 30.7 Å². The molecule has 0 saturated carbocycles. The molecule has 0 saturated heterocycles. The summed E-state index contributed by atoms with van der Waals surface area (Å²) in [4.78, 5) is 4.40. The zero-order valence-corrected chi connectivity index (χ0v) is 10.4. The van der Waals surface area contributed by atoms with Gasteiger partial charge in [0.25, 0.3) is 0 Å². The Hall–Kier alpha value is -1.39. The van der Waals surface area contributed by atoms with Crippen molar-refractivity contribution >= 4 is 11.0 Å². The lowest BCUT2D eigenvalue weighted by Gasteiger charge is -2.01. The molecule has 0 unspecified atom stereocenters. The van der Waals surface area contributed by atoms with Crippen molar-refractivity contribution < 1.29 is 4.74 Å². The third kappa shape index (κ3) is 2.65. The molecule has 2 aromatic heterocycles. The monoisotopic (exact) mass is 233 g/mol. The second-order valence-electron chi connectivity index (χ2n) is 4.09. The fourth-order valence-corrected chi connectivity index (χ4v) is 1.97. The van der Waals surface area contributed by atoms with E-state index >= 15 is 0 Å². The molecule has 0 aliphatic heterocycles. The van der Waals surface area contributed by atoms with Gasteiger partial charge in [0.2, 0.25) is 0 Å². The van der Waals surface area contributed by atoms with Crippen LogP contribution in [0.15, 0.2) is 24.5 Å². The van der Waals surface area contributed by atoms with Crippen LogP contribution in [-0.4, -0.2) is 23.2 Å². The highest BCUT2D eigenvalue weighted by Crippen LogP contribution is 2.19. The lowest BCUT2D eigenvalue weighted by molar-refractivity contribution is 0.134. The van der Waals surface area contributed by atoms with E-state index in [0.29, 0.717) is 6.73 Å². The second-order valence-corrected chi connectivity index (χ2v) is 4.09. The van der Waals surface area contributed by atoms with Crippen molar-refractivity contribution in [2.75, 3.05) is 13.7 Å². The standard InChI is InChI=1S/C13H19N3O/c1-3-6-14-8-11-9-16(10-17-2)13-12(11)5-4-7-15-13/h4-5,7,9,14H,3,6,8,10H2,1-2H3.